The maximum atomic E-state index is 13.8. The van der Waals surface area contributed by atoms with Gasteiger partial charge in [0.25, 0.3) is 5.91 Å². The highest BCUT2D eigenvalue weighted by Crippen LogP contribution is 2.33. The van der Waals surface area contributed by atoms with Gasteiger partial charge in [-0.15, -0.1) is 0 Å². The van der Waals surface area contributed by atoms with Gasteiger partial charge in [-0.3, -0.25) is 14.5 Å². The molecule has 2 N–H and O–H groups in total. The minimum atomic E-state index is -0.727. The normalized spacial score (nSPS) is 19.0. The Morgan fingerprint density at radius 2 is 1.97 bits per heavy atom. The molecule has 2 fully saturated rings. The van der Waals surface area contributed by atoms with Crippen LogP contribution in [0.15, 0.2) is 54.7 Å². The molecule has 1 saturated heterocycles. The molecule has 182 valence electrons. The second-order valence-corrected chi connectivity index (χ2v) is 9.57. The Kier molecular flexibility index (Phi) is 6.28. The number of aromatic amines is 1. The van der Waals surface area contributed by atoms with Gasteiger partial charge >= 0.3 is 6.03 Å². The highest BCUT2D eigenvalue weighted by Gasteiger charge is 2.41. The van der Waals surface area contributed by atoms with Gasteiger partial charge in [0.2, 0.25) is 5.91 Å². The molecule has 4 amide bonds. The third-order valence-electron chi connectivity index (χ3n) is 7.39. The Hall–Kier alpha value is -3.68. The molecule has 0 spiro atoms. The Morgan fingerprint density at radius 3 is 2.71 bits per heavy atom. The summed E-state index contributed by atoms with van der Waals surface area (Å²) in [6, 6.07) is 12.6. The lowest BCUT2D eigenvalue weighted by atomic mass is 9.79. The summed E-state index contributed by atoms with van der Waals surface area (Å²) in [5.41, 5.74) is 2.57. The summed E-state index contributed by atoms with van der Waals surface area (Å²) >= 11 is 0. The summed E-state index contributed by atoms with van der Waals surface area (Å²) in [5, 5.41) is 3.74. The van der Waals surface area contributed by atoms with Crippen molar-refractivity contribution < 1.29 is 18.8 Å². The molecule has 1 aliphatic heterocycles. The molecular formula is C27H29FN4O3. The molecule has 3 aromatic rings. The summed E-state index contributed by atoms with van der Waals surface area (Å²) in [4.78, 5) is 45.1. The number of nitrogens with one attached hydrogen (secondary N) is 2. The number of rotatable bonds is 8. The predicted octanol–water partition coefficient (Wildman–Crippen LogP) is 3.99. The highest BCUT2D eigenvalue weighted by molar-refractivity contribution is 6.06. The molecule has 1 aliphatic carbocycles. The van der Waals surface area contributed by atoms with Crippen LogP contribution >= 0.6 is 0 Å². The minimum absolute atomic E-state index is 0.0673. The van der Waals surface area contributed by atoms with E-state index in [2.05, 4.69) is 10.3 Å². The van der Waals surface area contributed by atoms with E-state index >= 15 is 0 Å². The van der Waals surface area contributed by atoms with Crippen LogP contribution < -0.4 is 5.32 Å². The summed E-state index contributed by atoms with van der Waals surface area (Å²) in [6.45, 7) is 1.89. The van der Waals surface area contributed by atoms with E-state index in [1.807, 2.05) is 37.4 Å². The summed E-state index contributed by atoms with van der Waals surface area (Å²) < 4.78 is 13.8. The number of aromatic nitrogens is 1. The SMILES string of the molecule is CC(C1CCC1)N(Cc1cccc(F)c1)C(=O)CN1C(=O)NC(Cc2c[nH]c3ccccc23)C1=O. The number of carbonyl (C=O) groups excluding carboxylic acids is 3. The molecule has 2 aliphatic rings. The van der Waals surface area contributed by atoms with Crippen molar-refractivity contribution in [3.05, 3.63) is 71.7 Å². The van der Waals surface area contributed by atoms with Crippen molar-refractivity contribution >= 4 is 28.7 Å². The molecule has 8 heteroatoms. The van der Waals surface area contributed by atoms with Crippen molar-refractivity contribution in [2.75, 3.05) is 6.54 Å². The van der Waals surface area contributed by atoms with Gasteiger partial charge in [0.1, 0.15) is 18.4 Å². The number of fused-ring (bicyclic) bond motifs is 1. The first-order chi connectivity index (χ1) is 16.9. The average molecular weight is 477 g/mol. The Labute approximate surface area is 203 Å². The second-order valence-electron chi connectivity index (χ2n) is 9.57. The van der Waals surface area contributed by atoms with Gasteiger partial charge in [0.05, 0.1) is 0 Å². The fourth-order valence-corrected chi connectivity index (χ4v) is 5.08. The number of nitrogens with zero attached hydrogens (tertiary/aromatic N) is 2. The number of halogens is 1. The van der Waals surface area contributed by atoms with E-state index in [4.69, 9.17) is 0 Å². The summed E-state index contributed by atoms with van der Waals surface area (Å²) in [7, 11) is 0. The number of para-hydroxylation sites is 1. The second kappa shape index (κ2) is 9.52. The van der Waals surface area contributed by atoms with E-state index in [9.17, 15) is 18.8 Å². The highest BCUT2D eigenvalue weighted by atomic mass is 19.1. The van der Waals surface area contributed by atoms with Crippen molar-refractivity contribution in [2.45, 2.75) is 51.2 Å². The minimum Gasteiger partial charge on any atom is -0.361 e. The van der Waals surface area contributed by atoms with E-state index in [1.54, 1.807) is 17.0 Å². The van der Waals surface area contributed by atoms with E-state index < -0.39 is 18.0 Å². The maximum absolute atomic E-state index is 13.8. The zero-order valence-corrected chi connectivity index (χ0v) is 19.7. The van der Waals surface area contributed by atoms with Crippen LogP contribution in [-0.4, -0.2) is 51.3 Å². The monoisotopic (exact) mass is 476 g/mol. The quantitative estimate of drug-likeness (QED) is 0.482. The molecule has 0 bridgehead atoms. The fraction of sp³-hybridized carbons (Fsp3) is 0.370. The van der Waals surface area contributed by atoms with Gasteiger partial charge in [0, 0.05) is 36.1 Å². The first kappa shape index (κ1) is 23.1. The van der Waals surface area contributed by atoms with Crippen LogP contribution in [0.1, 0.15) is 37.3 Å². The van der Waals surface area contributed by atoms with Gasteiger partial charge < -0.3 is 15.2 Å². The average Bonchev–Trinajstić information content (AvgIpc) is 3.32. The molecule has 1 aromatic heterocycles. The summed E-state index contributed by atoms with van der Waals surface area (Å²) in [6.07, 6.45) is 5.37. The number of amides is 4. The van der Waals surface area contributed by atoms with Gasteiger partial charge in [-0.25, -0.2) is 9.18 Å². The molecule has 5 rings (SSSR count). The smallest absolute Gasteiger partial charge is 0.325 e. The molecule has 35 heavy (non-hydrogen) atoms. The van der Waals surface area contributed by atoms with Crippen LogP contribution in [0.5, 0.6) is 0 Å². The fourth-order valence-electron chi connectivity index (χ4n) is 5.08. The maximum Gasteiger partial charge on any atom is 0.325 e. The van der Waals surface area contributed by atoms with Gasteiger partial charge in [-0.2, -0.15) is 0 Å². The number of hydrogen-bond acceptors (Lipinski definition) is 3. The molecule has 1 saturated carbocycles. The standard InChI is InChI=1S/C27H29FN4O3/c1-17(19-7-5-8-19)31(15-18-6-4-9-21(28)12-18)25(33)16-32-26(34)24(30-27(32)35)13-20-14-29-23-11-3-2-10-22(20)23/h2-4,6,9-12,14,17,19,24,29H,5,7-8,13,15-16H2,1H3,(H,30,35). The van der Waals surface area contributed by atoms with Crippen molar-refractivity contribution in [1.82, 2.24) is 20.1 Å². The van der Waals surface area contributed by atoms with Crippen LogP contribution in [0.4, 0.5) is 9.18 Å². The van der Waals surface area contributed by atoms with E-state index in [-0.39, 0.29) is 30.9 Å². The molecule has 7 nitrogen and oxygen atoms in total. The van der Waals surface area contributed by atoms with Crippen molar-refractivity contribution in [3.63, 3.8) is 0 Å². The zero-order valence-electron chi connectivity index (χ0n) is 19.7. The van der Waals surface area contributed by atoms with Crippen LogP contribution in [-0.2, 0) is 22.6 Å². The van der Waals surface area contributed by atoms with Crippen LogP contribution in [0.2, 0.25) is 0 Å². The van der Waals surface area contributed by atoms with Gasteiger partial charge in [-0.1, -0.05) is 36.8 Å². The summed E-state index contributed by atoms with van der Waals surface area (Å²) in [5.74, 6) is -0.716. The third-order valence-corrected chi connectivity index (χ3v) is 7.39. The third kappa shape index (κ3) is 4.65. The molecular weight excluding hydrogens is 447 g/mol. The number of H-pyrrole nitrogens is 1. The largest absolute Gasteiger partial charge is 0.361 e. The molecule has 2 unspecified atom stereocenters. The van der Waals surface area contributed by atoms with E-state index in [1.165, 1.54) is 12.1 Å². The lowest BCUT2D eigenvalue weighted by molar-refractivity contribution is -0.140. The number of hydrogen-bond donors (Lipinski definition) is 2. The topological polar surface area (TPSA) is 85.5 Å². The van der Waals surface area contributed by atoms with Crippen molar-refractivity contribution in [2.24, 2.45) is 5.92 Å². The van der Waals surface area contributed by atoms with Crippen LogP contribution in [0.25, 0.3) is 10.9 Å². The molecule has 2 heterocycles. The zero-order chi connectivity index (χ0) is 24.5. The van der Waals surface area contributed by atoms with E-state index in [0.717, 1.165) is 40.6 Å². The van der Waals surface area contributed by atoms with E-state index in [0.29, 0.717) is 17.9 Å². The lowest BCUT2D eigenvalue weighted by Gasteiger charge is -2.39. The van der Waals surface area contributed by atoms with Crippen LogP contribution in [0.3, 0.4) is 0 Å². The Balaban J connectivity index is 1.30. The Morgan fingerprint density at radius 1 is 1.17 bits per heavy atom. The molecule has 2 aromatic carbocycles. The number of benzene rings is 2. The first-order valence-corrected chi connectivity index (χ1v) is 12.1. The van der Waals surface area contributed by atoms with Crippen LogP contribution in [0, 0.1) is 11.7 Å². The first-order valence-electron chi connectivity index (χ1n) is 12.1. The van der Waals surface area contributed by atoms with Gasteiger partial charge in [-0.05, 0) is 55.0 Å². The van der Waals surface area contributed by atoms with Crippen molar-refractivity contribution in [1.29, 1.82) is 0 Å². The van der Waals surface area contributed by atoms with Crippen molar-refractivity contribution in [3.8, 4) is 0 Å². The van der Waals surface area contributed by atoms with Gasteiger partial charge in [0.15, 0.2) is 0 Å². The number of imide groups is 1. The molecule has 2 atom stereocenters. The number of carbonyl (C=O) groups is 3. The number of urea groups is 1. The predicted molar refractivity (Wildman–Crippen MR) is 130 cm³/mol. The molecule has 0 radical (unpaired) electrons. The Bertz CT molecular complexity index is 1270. The lowest BCUT2D eigenvalue weighted by Crippen LogP contribution is -2.49.